The SMILES string of the molecule is COc1ccc(CN2CN(S(=O)(=O)c3ccc(C)c(C)c3)c3nc4ccccc4nc32)cc1. The van der Waals surface area contributed by atoms with Crippen molar-refractivity contribution in [2.24, 2.45) is 0 Å². The Morgan fingerprint density at radius 1 is 0.879 bits per heavy atom. The Morgan fingerprint density at radius 2 is 1.55 bits per heavy atom. The summed E-state index contributed by atoms with van der Waals surface area (Å²) >= 11 is 0. The molecule has 5 rings (SSSR count). The molecule has 7 nitrogen and oxygen atoms in total. The summed E-state index contributed by atoms with van der Waals surface area (Å²) in [6.45, 7) is 4.50. The summed E-state index contributed by atoms with van der Waals surface area (Å²) in [4.78, 5) is 11.7. The number of aryl methyl sites for hydroxylation is 2. The van der Waals surface area contributed by atoms with Crippen molar-refractivity contribution in [3.63, 3.8) is 0 Å². The van der Waals surface area contributed by atoms with Crippen molar-refractivity contribution in [2.45, 2.75) is 25.3 Å². The van der Waals surface area contributed by atoms with Gasteiger partial charge in [-0.1, -0.05) is 30.3 Å². The number of sulfonamides is 1. The minimum Gasteiger partial charge on any atom is -0.497 e. The van der Waals surface area contributed by atoms with Crippen LogP contribution in [-0.2, 0) is 16.6 Å². The molecule has 33 heavy (non-hydrogen) atoms. The second-order valence-corrected chi connectivity index (χ2v) is 10.0. The van der Waals surface area contributed by atoms with Crippen LogP contribution in [0.25, 0.3) is 11.0 Å². The quantitative estimate of drug-likeness (QED) is 0.439. The van der Waals surface area contributed by atoms with Crippen LogP contribution < -0.4 is 13.9 Å². The van der Waals surface area contributed by atoms with Gasteiger partial charge in [0.2, 0.25) is 0 Å². The van der Waals surface area contributed by atoms with Crippen LogP contribution in [0, 0.1) is 13.8 Å². The number of aromatic nitrogens is 2. The van der Waals surface area contributed by atoms with Crippen LogP contribution >= 0.6 is 0 Å². The molecule has 0 radical (unpaired) electrons. The molecule has 2 heterocycles. The van der Waals surface area contributed by atoms with Gasteiger partial charge in [0.25, 0.3) is 10.0 Å². The van der Waals surface area contributed by atoms with Gasteiger partial charge >= 0.3 is 0 Å². The summed E-state index contributed by atoms with van der Waals surface area (Å²) in [5.74, 6) is 1.67. The molecular formula is C25H24N4O3S. The lowest BCUT2D eigenvalue weighted by atomic mass is 10.1. The Bertz CT molecular complexity index is 1450. The van der Waals surface area contributed by atoms with E-state index in [9.17, 15) is 8.42 Å². The first-order valence-electron chi connectivity index (χ1n) is 10.6. The zero-order chi connectivity index (χ0) is 23.2. The normalized spacial score (nSPS) is 13.4. The molecule has 0 fully saturated rings. The first kappa shape index (κ1) is 21.2. The predicted octanol–water partition coefficient (Wildman–Crippen LogP) is 4.43. The summed E-state index contributed by atoms with van der Waals surface area (Å²) in [7, 11) is -2.20. The summed E-state index contributed by atoms with van der Waals surface area (Å²) in [6.07, 6.45) is 0. The van der Waals surface area contributed by atoms with E-state index in [-0.39, 0.29) is 11.6 Å². The minimum absolute atomic E-state index is 0.132. The van der Waals surface area contributed by atoms with Gasteiger partial charge in [-0.25, -0.2) is 22.7 Å². The highest BCUT2D eigenvalue weighted by molar-refractivity contribution is 7.92. The van der Waals surface area contributed by atoms with Gasteiger partial charge in [-0.05, 0) is 66.9 Å². The minimum atomic E-state index is -3.83. The zero-order valence-electron chi connectivity index (χ0n) is 18.7. The van der Waals surface area contributed by atoms with Crippen molar-refractivity contribution in [3.05, 3.63) is 83.4 Å². The molecule has 0 N–H and O–H groups in total. The molecule has 8 heteroatoms. The Kier molecular flexibility index (Phi) is 5.17. The lowest BCUT2D eigenvalue weighted by Crippen LogP contribution is -2.35. The number of ether oxygens (including phenoxy) is 1. The number of hydrogen-bond acceptors (Lipinski definition) is 6. The number of hydrogen-bond donors (Lipinski definition) is 0. The van der Waals surface area contributed by atoms with E-state index in [1.807, 2.05) is 73.3 Å². The Labute approximate surface area is 193 Å². The maximum absolute atomic E-state index is 13.7. The van der Waals surface area contributed by atoms with Crippen LogP contribution in [0.15, 0.2) is 71.6 Å². The van der Waals surface area contributed by atoms with Gasteiger partial charge in [0, 0.05) is 6.54 Å². The van der Waals surface area contributed by atoms with E-state index in [4.69, 9.17) is 14.7 Å². The monoisotopic (exact) mass is 460 g/mol. The van der Waals surface area contributed by atoms with Gasteiger partial charge in [0.1, 0.15) is 12.4 Å². The molecule has 4 aromatic rings. The topological polar surface area (TPSA) is 75.6 Å². The van der Waals surface area contributed by atoms with E-state index in [0.29, 0.717) is 23.7 Å². The fraction of sp³-hybridized carbons (Fsp3) is 0.200. The van der Waals surface area contributed by atoms with E-state index in [1.165, 1.54) is 4.31 Å². The largest absolute Gasteiger partial charge is 0.497 e. The number of rotatable bonds is 5. The van der Waals surface area contributed by atoms with Crippen LogP contribution in [0.1, 0.15) is 16.7 Å². The van der Waals surface area contributed by atoms with E-state index in [1.54, 1.807) is 19.2 Å². The van der Waals surface area contributed by atoms with Crippen molar-refractivity contribution >= 4 is 32.7 Å². The molecule has 0 amide bonds. The van der Waals surface area contributed by atoms with Gasteiger partial charge < -0.3 is 9.64 Å². The Morgan fingerprint density at radius 3 is 2.18 bits per heavy atom. The van der Waals surface area contributed by atoms with Crippen molar-refractivity contribution in [1.29, 1.82) is 0 Å². The van der Waals surface area contributed by atoms with Gasteiger partial charge in [-0.15, -0.1) is 0 Å². The van der Waals surface area contributed by atoms with Crippen LogP contribution in [0.2, 0.25) is 0 Å². The second kappa shape index (κ2) is 8.04. The third-order valence-electron chi connectivity index (χ3n) is 5.97. The summed E-state index contributed by atoms with van der Waals surface area (Å²) in [5, 5.41) is 0. The van der Waals surface area contributed by atoms with Crippen molar-refractivity contribution in [1.82, 2.24) is 9.97 Å². The molecule has 1 aromatic heterocycles. The zero-order valence-corrected chi connectivity index (χ0v) is 19.5. The van der Waals surface area contributed by atoms with Crippen molar-refractivity contribution in [3.8, 4) is 5.75 Å². The van der Waals surface area contributed by atoms with Gasteiger partial charge in [0.15, 0.2) is 11.6 Å². The first-order valence-corrected chi connectivity index (χ1v) is 12.1. The molecule has 1 aliphatic rings. The number of nitrogens with zero attached hydrogens (tertiary/aromatic N) is 4. The fourth-order valence-electron chi connectivity index (χ4n) is 3.92. The molecule has 0 aliphatic carbocycles. The maximum Gasteiger partial charge on any atom is 0.267 e. The van der Waals surface area contributed by atoms with Crippen LogP contribution in [0.3, 0.4) is 0 Å². The summed E-state index contributed by atoms with van der Waals surface area (Å²) < 4.78 is 34.0. The predicted molar refractivity (Wildman–Crippen MR) is 129 cm³/mol. The molecule has 0 unspecified atom stereocenters. The van der Waals surface area contributed by atoms with Gasteiger partial charge in [0.05, 0.1) is 23.0 Å². The fourth-order valence-corrected chi connectivity index (χ4v) is 5.38. The standard InChI is InChI=1S/C25H24N4O3S/c1-17-8-13-21(14-18(17)2)33(30,31)29-16-28(15-19-9-11-20(32-3)12-10-19)24-25(29)27-23-7-5-4-6-22(23)26-24/h4-14H,15-16H2,1-3H3. The molecule has 0 saturated heterocycles. The molecule has 168 valence electrons. The third kappa shape index (κ3) is 3.76. The Hall–Kier alpha value is -3.65. The molecule has 1 aliphatic heterocycles. The van der Waals surface area contributed by atoms with Crippen LogP contribution in [0.5, 0.6) is 5.75 Å². The molecular weight excluding hydrogens is 436 g/mol. The van der Waals surface area contributed by atoms with Crippen LogP contribution in [0.4, 0.5) is 11.6 Å². The summed E-state index contributed by atoms with van der Waals surface area (Å²) in [6, 6.07) is 20.4. The number of methoxy groups -OCH3 is 1. The van der Waals surface area contributed by atoms with Gasteiger partial charge in [-0.3, -0.25) is 0 Å². The molecule has 0 atom stereocenters. The highest BCUT2D eigenvalue weighted by Gasteiger charge is 2.38. The lowest BCUT2D eigenvalue weighted by molar-refractivity contribution is 0.414. The maximum atomic E-state index is 13.7. The second-order valence-electron chi connectivity index (χ2n) is 8.15. The average molecular weight is 461 g/mol. The van der Waals surface area contributed by atoms with E-state index < -0.39 is 10.0 Å². The lowest BCUT2D eigenvalue weighted by Gasteiger charge is -2.21. The Balaban J connectivity index is 1.59. The molecule has 0 bridgehead atoms. The van der Waals surface area contributed by atoms with E-state index in [0.717, 1.165) is 28.0 Å². The molecule has 0 spiro atoms. The highest BCUT2D eigenvalue weighted by Crippen LogP contribution is 2.38. The van der Waals surface area contributed by atoms with Crippen molar-refractivity contribution < 1.29 is 13.2 Å². The van der Waals surface area contributed by atoms with E-state index in [2.05, 4.69) is 0 Å². The highest BCUT2D eigenvalue weighted by atomic mass is 32.2. The number of fused-ring (bicyclic) bond motifs is 2. The van der Waals surface area contributed by atoms with Crippen molar-refractivity contribution in [2.75, 3.05) is 23.0 Å². The van der Waals surface area contributed by atoms with E-state index >= 15 is 0 Å². The third-order valence-corrected chi connectivity index (χ3v) is 7.69. The van der Waals surface area contributed by atoms with Gasteiger partial charge in [-0.2, -0.15) is 0 Å². The number of anilines is 2. The average Bonchev–Trinajstić information content (AvgIpc) is 3.17. The smallest absolute Gasteiger partial charge is 0.267 e. The number of benzene rings is 3. The molecule has 3 aromatic carbocycles. The summed E-state index contributed by atoms with van der Waals surface area (Å²) in [5.41, 5.74) is 4.37. The number of para-hydroxylation sites is 2. The van der Waals surface area contributed by atoms with Crippen LogP contribution in [-0.4, -0.2) is 32.2 Å². The first-order chi connectivity index (χ1) is 15.9. The molecule has 0 saturated carbocycles.